The number of hydrogen-bond acceptors (Lipinski definition) is 5. The van der Waals surface area contributed by atoms with Crippen LogP contribution in [0.15, 0.2) is 29.6 Å². The molecule has 1 aromatic carbocycles. The molecule has 2 amide bonds. The molecule has 1 aromatic heterocycles. The maximum absolute atomic E-state index is 13.0. The van der Waals surface area contributed by atoms with E-state index < -0.39 is 0 Å². The second kappa shape index (κ2) is 11.4. The average Bonchev–Trinajstić information content (AvgIpc) is 3.19. The summed E-state index contributed by atoms with van der Waals surface area (Å²) in [6.07, 6.45) is 3.89. The molecule has 7 heteroatoms. The number of hydrogen-bond donors (Lipinski definition) is 1. The van der Waals surface area contributed by atoms with Crippen molar-refractivity contribution in [1.29, 1.82) is 0 Å². The second-order valence-corrected chi connectivity index (χ2v) is 7.49. The largest absolute Gasteiger partial charge is 0.497 e. The van der Waals surface area contributed by atoms with Gasteiger partial charge in [-0.3, -0.25) is 9.59 Å². The average molecular weight is 404 g/mol. The molecular formula is C21H29N3O3S. The standard InChI is InChI=1S/C21H29N3O3S/c1-4-6-12-22-20(25)18-15-28-19(23-18)14-24(13-7-5-2)21(26)16-8-10-17(27-3)11-9-16/h8-11,15H,4-7,12-14H2,1-3H3,(H,22,25). The predicted octanol–water partition coefficient (Wildman–Crippen LogP) is 4.12. The van der Waals surface area contributed by atoms with Crippen LogP contribution in [-0.2, 0) is 6.54 Å². The van der Waals surface area contributed by atoms with Crippen LogP contribution in [0, 0.1) is 0 Å². The minimum Gasteiger partial charge on any atom is -0.497 e. The molecule has 2 aromatic rings. The Bertz CT molecular complexity index is 759. The van der Waals surface area contributed by atoms with Gasteiger partial charge in [0.25, 0.3) is 11.8 Å². The molecule has 0 spiro atoms. The summed E-state index contributed by atoms with van der Waals surface area (Å²) in [6.45, 7) is 5.88. The van der Waals surface area contributed by atoms with Crippen molar-refractivity contribution in [2.45, 2.75) is 46.1 Å². The molecule has 28 heavy (non-hydrogen) atoms. The number of nitrogens with one attached hydrogen (secondary N) is 1. The number of carbonyl (C=O) groups is 2. The first-order valence-corrected chi connectivity index (χ1v) is 10.6. The number of unbranched alkanes of at least 4 members (excludes halogenated alkanes) is 2. The van der Waals surface area contributed by atoms with E-state index in [1.165, 1.54) is 11.3 Å². The summed E-state index contributed by atoms with van der Waals surface area (Å²) in [5, 5.41) is 5.39. The summed E-state index contributed by atoms with van der Waals surface area (Å²) in [5.41, 5.74) is 1.04. The smallest absolute Gasteiger partial charge is 0.270 e. The molecule has 2 rings (SSSR count). The zero-order valence-corrected chi connectivity index (χ0v) is 17.7. The molecule has 1 N–H and O–H groups in total. The maximum atomic E-state index is 13.0. The lowest BCUT2D eigenvalue weighted by atomic mass is 10.2. The lowest BCUT2D eigenvalue weighted by Crippen LogP contribution is -2.31. The van der Waals surface area contributed by atoms with Crippen LogP contribution in [0.5, 0.6) is 5.75 Å². The third kappa shape index (κ3) is 6.34. The Morgan fingerprint density at radius 2 is 1.86 bits per heavy atom. The van der Waals surface area contributed by atoms with Crippen LogP contribution in [0.4, 0.5) is 0 Å². The van der Waals surface area contributed by atoms with Crippen molar-refractivity contribution >= 4 is 23.2 Å². The Hall–Kier alpha value is -2.41. The third-order valence-corrected chi connectivity index (χ3v) is 5.17. The number of aromatic nitrogens is 1. The van der Waals surface area contributed by atoms with Crippen molar-refractivity contribution in [3.05, 3.63) is 45.9 Å². The zero-order valence-electron chi connectivity index (χ0n) is 16.9. The van der Waals surface area contributed by atoms with Gasteiger partial charge in [-0.15, -0.1) is 11.3 Å². The normalized spacial score (nSPS) is 10.5. The zero-order chi connectivity index (χ0) is 20.4. The number of ether oxygens (including phenoxy) is 1. The van der Waals surface area contributed by atoms with Gasteiger partial charge < -0.3 is 15.0 Å². The fraction of sp³-hybridized carbons (Fsp3) is 0.476. The van der Waals surface area contributed by atoms with Crippen LogP contribution in [0.3, 0.4) is 0 Å². The molecule has 6 nitrogen and oxygen atoms in total. The van der Waals surface area contributed by atoms with Gasteiger partial charge in [0, 0.05) is 24.0 Å². The van der Waals surface area contributed by atoms with Gasteiger partial charge >= 0.3 is 0 Å². The van der Waals surface area contributed by atoms with Crippen molar-refractivity contribution in [3.63, 3.8) is 0 Å². The summed E-state index contributed by atoms with van der Waals surface area (Å²) in [4.78, 5) is 31.3. The van der Waals surface area contributed by atoms with Gasteiger partial charge in [-0.2, -0.15) is 0 Å². The van der Waals surface area contributed by atoms with E-state index in [1.54, 1.807) is 41.7 Å². The first kappa shape index (κ1) is 21.9. The van der Waals surface area contributed by atoms with Gasteiger partial charge in [0.15, 0.2) is 0 Å². The molecular weight excluding hydrogens is 374 g/mol. The molecule has 0 aliphatic heterocycles. The van der Waals surface area contributed by atoms with E-state index in [-0.39, 0.29) is 11.8 Å². The number of thiazole rings is 1. The van der Waals surface area contributed by atoms with Crippen molar-refractivity contribution in [2.75, 3.05) is 20.2 Å². The maximum Gasteiger partial charge on any atom is 0.270 e. The number of nitrogens with zero attached hydrogens (tertiary/aromatic N) is 2. The summed E-state index contributed by atoms with van der Waals surface area (Å²) in [6, 6.07) is 7.11. The van der Waals surface area contributed by atoms with Crippen LogP contribution < -0.4 is 10.1 Å². The Kier molecular flexibility index (Phi) is 8.94. The minimum absolute atomic E-state index is 0.0414. The van der Waals surface area contributed by atoms with E-state index in [0.29, 0.717) is 30.9 Å². The van der Waals surface area contributed by atoms with Crippen LogP contribution in [0.1, 0.15) is 65.4 Å². The molecule has 0 fully saturated rings. The lowest BCUT2D eigenvalue weighted by Gasteiger charge is -2.21. The molecule has 0 unspecified atom stereocenters. The Morgan fingerprint density at radius 1 is 1.14 bits per heavy atom. The lowest BCUT2D eigenvalue weighted by molar-refractivity contribution is 0.0740. The van der Waals surface area contributed by atoms with E-state index in [2.05, 4.69) is 24.1 Å². The quantitative estimate of drug-likeness (QED) is 0.573. The molecule has 152 valence electrons. The fourth-order valence-electron chi connectivity index (χ4n) is 2.64. The third-order valence-electron chi connectivity index (χ3n) is 4.33. The van der Waals surface area contributed by atoms with E-state index in [0.717, 1.165) is 36.4 Å². The number of benzene rings is 1. The number of rotatable bonds is 11. The molecule has 0 aliphatic rings. The Balaban J connectivity index is 2.06. The molecule has 0 atom stereocenters. The highest BCUT2D eigenvalue weighted by Crippen LogP contribution is 2.17. The molecule has 0 bridgehead atoms. The fourth-order valence-corrected chi connectivity index (χ4v) is 3.43. The van der Waals surface area contributed by atoms with Crippen LogP contribution >= 0.6 is 11.3 Å². The Labute approximate surface area is 170 Å². The van der Waals surface area contributed by atoms with Gasteiger partial charge in [0.1, 0.15) is 16.5 Å². The number of amides is 2. The van der Waals surface area contributed by atoms with Crippen molar-refractivity contribution in [3.8, 4) is 5.75 Å². The summed E-state index contributed by atoms with van der Waals surface area (Å²) < 4.78 is 5.16. The van der Waals surface area contributed by atoms with E-state index in [1.807, 2.05) is 0 Å². The van der Waals surface area contributed by atoms with Gasteiger partial charge in [0.05, 0.1) is 13.7 Å². The Morgan fingerprint density at radius 3 is 2.50 bits per heavy atom. The summed E-state index contributed by atoms with van der Waals surface area (Å²) >= 11 is 1.41. The van der Waals surface area contributed by atoms with Crippen LogP contribution in [0.25, 0.3) is 0 Å². The van der Waals surface area contributed by atoms with E-state index in [4.69, 9.17) is 4.74 Å². The first-order chi connectivity index (χ1) is 13.6. The van der Waals surface area contributed by atoms with E-state index in [9.17, 15) is 9.59 Å². The van der Waals surface area contributed by atoms with Crippen LogP contribution in [0.2, 0.25) is 0 Å². The van der Waals surface area contributed by atoms with Crippen molar-refractivity contribution in [2.24, 2.45) is 0 Å². The van der Waals surface area contributed by atoms with Crippen molar-refractivity contribution < 1.29 is 14.3 Å². The summed E-state index contributed by atoms with van der Waals surface area (Å²) in [5.74, 6) is 0.521. The monoisotopic (exact) mass is 403 g/mol. The minimum atomic E-state index is -0.155. The SMILES string of the molecule is CCCCNC(=O)c1csc(CN(CCCC)C(=O)c2ccc(OC)cc2)n1. The molecule has 0 radical (unpaired) electrons. The van der Waals surface area contributed by atoms with Crippen molar-refractivity contribution in [1.82, 2.24) is 15.2 Å². The molecule has 1 heterocycles. The molecule has 0 aliphatic carbocycles. The number of carbonyl (C=O) groups excluding carboxylic acids is 2. The summed E-state index contributed by atoms with van der Waals surface area (Å²) in [7, 11) is 1.60. The van der Waals surface area contributed by atoms with Gasteiger partial charge in [-0.25, -0.2) is 4.98 Å². The topological polar surface area (TPSA) is 71.5 Å². The number of methoxy groups -OCH3 is 1. The first-order valence-electron chi connectivity index (χ1n) is 9.75. The van der Waals surface area contributed by atoms with Gasteiger partial charge in [0.2, 0.25) is 0 Å². The van der Waals surface area contributed by atoms with Crippen LogP contribution in [-0.4, -0.2) is 41.9 Å². The van der Waals surface area contributed by atoms with Gasteiger partial charge in [-0.05, 0) is 37.1 Å². The highest BCUT2D eigenvalue weighted by Gasteiger charge is 2.18. The molecule has 0 saturated carbocycles. The molecule has 0 saturated heterocycles. The van der Waals surface area contributed by atoms with Gasteiger partial charge in [-0.1, -0.05) is 26.7 Å². The highest BCUT2D eigenvalue weighted by molar-refractivity contribution is 7.09. The second-order valence-electron chi connectivity index (χ2n) is 6.54. The predicted molar refractivity (Wildman–Crippen MR) is 112 cm³/mol. The van der Waals surface area contributed by atoms with E-state index >= 15 is 0 Å². The highest BCUT2D eigenvalue weighted by atomic mass is 32.1.